The van der Waals surface area contributed by atoms with E-state index in [1.807, 2.05) is 19.3 Å². The van der Waals surface area contributed by atoms with Crippen molar-refractivity contribution in [2.75, 3.05) is 70.9 Å². The highest BCUT2D eigenvalue weighted by Gasteiger charge is 2.20. The van der Waals surface area contributed by atoms with Crippen LogP contribution >= 0.6 is 0 Å². The normalized spacial score (nSPS) is 19.1. The summed E-state index contributed by atoms with van der Waals surface area (Å²) in [6, 6.07) is 6.24. The lowest BCUT2D eigenvalue weighted by Crippen LogP contribution is -2.52. The Morgan fingerprint density at radius 2 is 1.81 bits per heavy atom. The average molecular weight is 427 g/mol. The summed E-state index contributed by atoms with van der Waals surface area (Å²) in [6.45, 7) is 13.1. The molecule has 9 heteroatoms. The highest BCUT2D eigenvalue weighted by molar-refractivity contribution is 5.80. The van der Waals surface area contributed by atoms with Crippen molar-refractivity contribution in [2.45, 2.75) is 20.0 Å². The highest BCUT2D eigenvalue weighted by Crippen LogP contribution is 2.14. The Hall–Kier alpha value is -2.65. The molecule has 31 heavy (non-hydrogen) atoms. The van der Waals surface area contributed by atoms with Crippen molar-refractivity contribution in [3.63, 3.8) is 0 Å². The lowest BCUT2D eigenvalue weighted by molar-refractivity contribution is 0.169. The van der Waals surface area contributed by atoms with E-state index in [-0.39, 0.29) is 0 Å². The van der Waals surface area contributed by atoms with Crippen molar-refractivity contribution in [1.82, 2.24) is 30.2 Å². The van der Waals surface area contributed by atoms with Gasteiger partial charge in [0.05, 0.1) is 5.69 Å². The molecule has 0 amide bonds. The molecule has 4 rings (SSSR count). The van der Waals surface area contributed by atoms with Crippen LogP contribution in [0.5, 0.6) is 0 Å². The summed E-state index contributed by atoms with van der Waals surface area (Å²) in [4.78, 5) is 18.8. The maximum atomic E-state index is 4.93. The Balaban J connectivity index is 1.23. The summed E-state index contributed by atoms with van der Waals surface area (Å²) in [7, 11) is 1.85. The lowest BCUT2D eigenvalue weighted by atomic mass is 10.2. The van der Waals surface area contributed by atoms with E-state index in [1.54, 1.807) is 6.26 Å². The van der Waals surface area contributed by atoms with E-state index in [0.29, 0.717) is 0 Å². The first kappa shape index (κ1) is 21.6. The Labute approximate surface area is 184 Å². The number of likely N-dealkylation sites (N-methyl/N-ethyl adjacent to an activating group) is 1. The standard InChI is InChI=1S/C22H34N8O/c1-3-27-7-11-29(12-8-27)21-5-4-19(16-24-21)17-25-22(23-2)30-13-9-28(10-14-30)18-20-6-15-31-26-20/h4-6,15-16H,3,7-14,17-18H2,1-2H3,(H,23,25). The first-order valence-corrected chi connectivity index (χ1v) is 11.2. The number of piperazine rings is 2. The quantitative estimate of drug-likeness (QED) is 0.544. The van der Waals surface area contributed by atoms with E-state index in [2.05, 4.69) is 54.1 Å². The molecule has 1 N–H and O–H groups in total. The van der Waals surface area contributed by atoms with E-state index in [0.717, 1.165) is 89.5 Å². The van der Waals surface area contributed by atoms with Crippen molar-refractivity contribution >= 4 is 11.8 Å². The average Bonchev–Trinajstić information content (AvgIpc) is 3.34. The summed E-state index contributed by atoms with van der Waals surface area (Å²) >= 11 is 0. The molecule has 0 aromatic carbocycles. The molecule has 2 aliphatic rings. The van der Waals surface area contributed by atoms with Crippen LogP contribution in [0.4, 0.5) is 5.82 Å². The molecule has 0 bridgehead atoms. The smallest absolute Gasteiger partial charge is 0.194 e. The van der Waals surface area contributed by atoms with Gasteiger partial charge in [0.2, 0.25) is 0 Å². The molecule has 0 atom stereocenters. The van der Waals surface area contributed by atoms with Gasteiger partial charge in [0.25, 0.3) is 0 Å². The number of nitrogens with one attached hydrogen (secondary N) is 1. The van der Waals surface area contributed by atoms with Crippen LogP contribution in [0.1, 0.15) is 18.2 Å². The third kappa shape index (κ3) is 5.74. The summed E-state index contributed by atoms with van der Waals surface area (Å²) in [5.41, 5.74) is 2.15. The van der Waals surface area contributed by atoms with Gasteiger partial charge in [-0.2, -0.15) is 0 Å². The molecule has 4 heterocycles. The van der Waals surface area contributed by atoms with Crippen molar-refractivity contribution < 1.29 is 4.52 Å². The van der Waals surface area contributed by atoms with Crippen LogP contribution in [0, 0.1) is 0 Å². The number of aromatic nitrogens is 2. The van der Waals surface area contributed by atoms with Gasteiger partial charge in [-0.15, -0.1) is 0 Å². The summed E-state index contributed by atoms with van der Waals surface area (Å²) < 4.78 is 4.93. The maximum Gasteiger partial charge on any atom is 0.194 e. The molecule has 2 aliphatic heterocycles. The Morgan fingerprint density at radius 3 is 2.42 bits per heavy atom. The number of anilines is 1. The van der Waals surface area contributed by atoms with Gasteiger partial charge in [0.15, 0.2) is 5.96 Å². The van der Waals surface area contributed by atoms with Crippen molar-refractivity contribution in [1.29, 1.82) is 0 Å². The fourth-order valence-electron chi connectivity index (χ4n) is 4.18. The minimum Gasteiger partial charge on any atom is -0.364 e. The van der Waals surface area contributed by atoms with E-state index in [9.17, 15) is 0 Å². The number of nitrogens with zero attached hydrogens (tertiary/aromatic N) is 7. The molecule has 0 spiro atoms. The van der Waals surface area contributed by atoms with Crippen LogP contribution < -0.4 is 10.2 Å². The van der Waals surface area contributed by atoms with E-state index in [1.165, 1.54) is 5.56 Å². The molecule has 9 nitrogen and oxygen atoms in total. The number of pyridine rings is 1. The van der Waals surface area contributed by atoms with Crippen LogP contribution in [-0.2, 0) is 13.1 Å². The second kappa shape index (κ2) is 10.6. The molecular weight excluding hydrogens is 392 g/mol. The zero-order valence-electron chi connectivity index (χ0n) is 18.7. The fourth-order valence-corrected chi connectivity index (χ4v) is 4.18. The first-order valence-electron chi connectivity index (χ1n) is 11.2. The zero-order chi connectivity index (χ0) is 21.5. The fraction of sp³-hybridized carbons (Fsp3) is 0.591. The number of guanidine groups is 1. The van der Waals surface area contributed by atoms with Gasteiger partial charge < -0.3 is 24.5 Å². The van der Waals surface area contributed by atoms with E-state index < -0.39 is 0 Å². The van der Waals surface area contributed by atoms with Crippen LogP contribution in [0.25, 0.3) is 0 Å². The molecule has 0 aliphatic carbocycles. The maximum absolute atomic E-state index is 4.93. The molecule has 2 aromatic rings. The van der Waals surface area contributed by atoms with Crippen molar-refractivity contribution in [3.05, 3.63) is 41.9 Å². The second-order valence-corrected chi connectivity index (χ2v) is 8.10. The third-order valence-electron chi connectivity index (χ3n) is 6.16. The van der Waals surface area contributed by atoms with Crippen LogP contribution in [-0.4, -0.2) is 96.8 Å². The Morgan fingerprint density at radius 1 is 1.03 bits per heavy atom. The summed E-state index contributed by atoms with van der Waals surface area (Å²) in [6.07, 6.45) is 3.61. The largest absolute Gasteiger partial charge is 0.364 e. The molecular formula is C22H34N8O. The molecule has 2 aromatic heterocycles. The first-order chi connectivity index (χ1) is 15.2. The number of hydrogen-bond donors (Lipinski definition) is 1. The minimum atomic E-state index is 0.725. The summed E-state index contributed by atoms with van der Waals surface area (Å²) in [5.74, 6) is 2.02. The third-order valence-corrected chi connectivity index (χ3v) is 6.16. The Kier molecular flexibility index (Phi) is 7.37. The molecule has 0 radical (unpaired) electrons. The molecule has 2 saturated heterocycles. The second-order valence-electron chi connectivity index (χ2n) is 8.10. The van der Waals surface area contributed by atoms with Crippen LogP contribution in [0.15, 0.2) is 40.2 Å². The van der Waals surface area contributed by atoms with E-state index >= 15 is 0 Å². The van der Waals surface area contributed by atoms with Gasteiger partial charge in [-0.05, 0) is 18.2 Å². The van der Waals surface area contributed by atoms with Gasteiger partial charge in [0.1, 0.15) is 12.1 Å². The monoisotopic (exact) mass is 426 g/mol. The van der Waals surface area contributed by atoms with Crippen LogP contribution in [0.3, 0.4) is 0 Å². The number of aliphatic imine (C=N–C) groups is 1. The van der Waals surface area contributed by atoms with Gasteiger partial charge >= 0.3 is 0 Å². The van der Waals surface area contributed by atoms with Gasteiger partial charge in [0, 0.05) is 84.8 Å². The summed E-state index contributed by atoms with van der Waals surface area (Å²) in [5, 5.41) is 7.51. The molecule has 0 saturated carbocycles. The number of hydrogen-bond acceptors (Lipinski definition) is 7. The van der Waals surface area contributed by atoms with Crippen LogP contribution in [0.2, 0.25) is 0 Å². The SMILES string of the molecule is CCN1CCN(c2ccc(CNC(=NC)N3CCN(Cc4ccon4)CC3)cn2)CC1. The number of rotatable bonds is 6. The lowest BCUT2D eigenvalue weighted by Gasteiger charge is -2.36. The van der Waals surface area contributed by atoms with Gasteiger partial charge in [-0.25, -0.2) is 4.98 Å². The molecule has 168 valence electrons. The minimum absolute atomic E-state index is 0.725. The Bertz CT molecular complexity index is 807. The molecule has 0 unspecified atom stereocenters. The predicted molar refractivity (Wildman–Crippen MR) is 122 cm³/mol. The molecule has 2 fully saturated rings. The topological polar surface area (TPSA) is 76.3 Å². The highest BCUT2D eigenvalue weighted by atomic mass is 16.5. The van der Waals surface area contributed by atoms with Crippen molar-refractivity contribution in [2.24, 2.45) is 4.99 Å². The predicted octanol–water partition coefficient (Wildman–Crippen LogP) is 1.10. The van der Waals surface area contributed by atoms with Gasteiger partial charge in [-0.3, -0.25) is 9.89 Å². The van der Waals surface area contributed by atoms with Gasteiger partial charge in [-0.1, -0.05) is 18.1 Å². The van der Waals surface area contributed by atoms with Crippen molar-refractivity contribution in [3.8, 4) is 0 Å². The van der Waals surface area contributed by atoms with E-state index in [4.69, 9.17) is 9.51 Å². The zero-order valence-corrected chi connectivity index (χ0v) is 18.7.